The minimum absolute atomic E-state index is 0.182. The first-order chi connectivity index (χ1) is 20.9. The zero-order valence-electron chi connectivity index (χ0n) is 25.0. The maximum atomic E-state index is 12.2. The molecule has 0 bridgehead atoms. The standard InChI is InChI=1S/C33H40O10/c1-5-31(34)42-20-9-7-6-8-19-40-27-15-12-26(24-29(27)37-2)14-18-33(36)43-22-10-21-41-28-16-11-25(23-30(28)38-3)13-17-32(35)39-4/h5,11-18,23-24H,1,6-10,19-22H2,2-4H3/b17-13+,18-14+. The Kier molecular flexibility index (Phi) is 16.2. The van der Waals surface area contributed by atoms with Crippen LogP contribution in [0.5, 0.6) is 23.0 Å². The number of ether oxygens (including phenoxy) is 7. The number of esters is 3. The summed E-state index contributed by atoms with van der Waals surface area (Å²) in [6.07, 6.45) is 11.1. The van der Waals surface area contributed by atoms with E-state index in [4.69, 9.17) is 28.4 Å². The van der Waals surface area contributed by atoms with Crippen molar-refractivity contribution in [1.29, 1.82) is 0 Å². The van der Waals surface area contributed by atoms with Gasteiger partial charge in [-0.25, -0.2) is 14.4 Å². The lowest BCUT2D eigenvalue weighted by Crippen LogP contribution is -2.07. The van der Waals surface area contributed by atoms with Gasteiger partial charge in [-0.05, 0) is 73.2 Å². The Bertz CT molecular complexity index is 1250. The number of hydrogen-bond acceptors (Lipinski definition) is 10. The third-order valence-electron chi connectivity index (χ3n) is 5.90. The lowest BCUT2D eigenvalue weighted by molar-refractivity contribution is -0.138. The third kappa shape index (κ3) is 13.7. The van der Waals surface area contributed by atoms with Gasteiger partial charge in [0.25, 0.3) is 0 Å². The molecule has 0 aliphatic carbocycles. The van der Waals surface area contributed by atoms with Crippen molar-refractivity contribution in [2.45, 2.75) is 32.1 Å². The van der Waals surface area contributed by atoms with Crippen LogP contribution < -0.4 is 18.9 Å². The van der Waals surface area contributed by atoms with Gasteiger partial charge >= 0.3 is 17.9 Å². The fourth-order valence-corrected chi connectivity index (χ4v) is 3.64. The second kappa shape index (κ2) is 20.2. The molecule has 0 fully saturated rings. The number of carbonyl (C=O) groups excluding carboxylic acids is 3. The smallest absolute Gasteiger partial charge is 0.330 e. The Morgan fingerprint density at radius 1 is 0.605 bits per heavy atom. The molecule has 0 spiro atoms. The van der Waals surface area contributed by atoms with Gasteiger partial charge in [0.05, 0.1) is 47.8 Å². The average molecular weight is 597 g/mol. The van der Waals surface area contributed by atoms with E-state index in [1.807, 2.05) is 6.07 Å². The van der Waals surface area contributed by atoms with Crippen molar-refractivity contribution in [3.63, 3.8) is 0 Å². The Balaban J connectivity index is 1.70. The lowest BCUT2D eigenvalue weighted by atomic mass is 10.2. The molecule has 0 saturated carbocycles. The molecule has 0 N–H and O–H groups in total. The molecule has 10 nitrogen and oxygen atoms in total. The lowest BCUT2D eigenvalue weighted by Gasteiger charge is -2.11. The molecule has 0 aromatic heterocycles. The summed E-state index contributed by atoms with van der Waals surface area (Å²) in [5, 5.41) is 0. The highest BCUT2D eigenvalue weighted by atomic mass is 16.5. The van der Waals surface area contributed by atoms with Crippen LogP contribution in [0.2, 0.25) is 0 Å². The zero-order chi connectivity index (χ0) is 31.3. The Morgan fingerprint density at radius 2 is 1.09 bits per heavy atom. The first-order valence-corrected chi connectivity index (χ1v) is 13.9. The van der Waals surface area contributed by atoms with Gasteiger partial charge < -0.3 is 33.2 Å². The topological polar surface area (TPSA) is 116 Å². The first kappa shape index (κ1) is 34.5. The highest BCUT2D eigenvalue weighted by molar-refractivity contribution is 5.87. The number of carbonyl (C=O) groups is 3. The highest BCUT2D eigenvalue weighted by Gasteiger charge is 2.07. The molecule has 0 radical (unpaired) electrons. The quantitative estimate of drug-likeness (QED) is 0.0830. The molecular weight excluding hydrogens is 556 g/mol. The molecule has 0 amide bonds. The van der Waals surface area contributed by atoms with E-state index >= 15 is 0 Å². The van der Waals surface area contributed by atoms with Crippen LogP contribution in [0.25, 0.3) is 12.2 Å². The van der Waals surface area contributed by atoms with Gasteiger partial charge in [0.2, 0.25) is 0 Å². The van der Waals surface area contributed by atoms with E-state index in [0.29, 0.717) is 49.2 Å². The van der Waals surface area contributed by atoms with Crippen LogP contribution in [0, 0.1) is 0 Å². The summed E-state index contributed by atoms with van der Waals surface area (Å²) in [6, 6.07) is 10.7. The van der Waals surface area contributed by atoms with Crippen molar-refractivity contribution >= 4 is 30.1 Å². The van der Waals surface area contributed by atoms with Crippen molar-refractivity contribution in [2.24, 2.45) is 0 Å². The molecular formula is C33H40O10. The van der Waals surface area contributed by atoms with Gasteiger partial charge in [-0.1, -0.05) is 18.7 Å². The van der Waals surface area contributed by atoms with Crippen LogP contribution in [-0.4, -0.2) is 65.7 Å². The van der Waals surface area contributed by atoms with Crippen LogP contribution in [0.1, 0.15) is 43.2 Å². The molecule has 0 aliphatic heterocycles. The summed E-state index contributed by atoms with van der Waals surface area (Å²) < 4.78 is 37.2. The van der Waals surface area contributed by atoms with Crippen LogP contribution >= 0.6 is 0 Å². The SMILES string of the molecule is C=CC(=O)OCCCCCCOc1ccc(/C=C/C(=O)OCCCOc2ccc(/C=C/C(=O)OC)cc2OC)cc1OC. The normalized spacial score (nSPS) is 10.8. The highest BCUT2D eigenvalue weighted by Crippen LogP contribution is 2.30. The molecule has 0 saturated heterocycles. The van der Waals surface area contributed by atoms with Crippen LogP contribution in [0.3, 0.4) is 0 Å². The minimum Gasteiger partial charge on any atom is -0.493 e. The van der Waals surface area contributed by atoms with E-state index in [0.717, 1.165) is 42.9 Å². The summed E-state index contributed by atoms with van der Waals surface area (Å²) >= 11 is 0. The summed E-state index contributed by atoms with van der Waals surface area (Å²) in [5.41, 5.74) is 1.51. The van der Waals surface area contributed by atoms with Crippen molar-refractivity contribution in [2.75, 3.05) is 47.8 Å². The number of rotatable bonds is 20. The van der Waals surface area contributed by atoms with Gasteiger partial charge in [-0.15, -0.1) is 0 Å². The second-order valence-electron chi connectivity index (χ2n) is 9.01. The van der Waals surface area contributed by atoms with Crippen LogP contribution in [0.15, 0.2) is 61.2 Å². The Hall–Kier alpha value is -4.73. The Labute approximate surface area is 252 Å². The molecule has 0 atom stereocenters. The summed E-state index contributed by atoms with van der Waals surface area (Å²) in [4.78, 5) is 34.4. The molecule has 0 heterocycles. The fourth-order valence-electron chi connectivity index (χ4n) is 3.64. The number of unbranched alkanes of at least 4 members (excludes halogenated alkanes) is 3. The van der Waals surface area contributed by atoms with E-state index in [1.165, 1.54) is 26.4 Å². The summed E-state index contributed by atoms with van der Waals surface area (Å²) in [7, 11) is 4.40. The molecule has 43 heavy (non-hydrogen) atoms. The maximum absolute atomic E-state index is 12.2. The molecule has 2 rings (SSSR count). The van der Waals surface area contributed by atoms with E-state index < -0.39 is 17.9 Å². The van der Waals surface area contributed by atoms with Gasteiger partial charge in [-0.2, -0.15) is 0 Å². The van der Waals surface area contributed by atoms with Gasteiger partial charge in [0, 0.05) is 24.6 Å². The first-order valence-electron chi connectivity index (χ1n) is 13.9. The third-order valence-corrected chi connectivity index (χ3v) is 5.90. The van der Waals surface area contributed by atoms with Crippen LogP contribution in [-0.2, 0) is 28.6 Å². The summed E-state index contributed by atoms with van der Waals surface area (Å²) in [5.74, 6) is 0.903. The van der Waals surface area contributed by atoms with Gasteiger partial charge in [0.15, 0.2) is 23.0 Å². The Morgan fingerprint density at radius 3 is 1.63 bits per heavy atom. The number of methoxy groups -OCH3 is 3. The predicted octanol–water partition coefficient (Wildman–Crippen LogP) is 5.58. The molecule has 232 valence electrons. The maximum Gasteiger partial charge on any atom is 0.330 e. The molecule has 2 aromatic carbocycles. The fraction of sp³-hybridized carbons (Fsp3) is 0.364. The van der Waals surface area contributed by atoms with E-state index in [-0.39, 0.29) is 6.61 Å². The van der Waals surface area contributed by atoms with Crippen molar-refractivity contribution in [3.05, 3.63) is 72.3 Å². The minimum atomic E-state index is -0.474. The predicted molar refractivity (Wildman–Crippen MR) is 162 cm³/mol. The van der Waals surface area contributed by atoms with Crippen LogP contribution in [0.4, 0.5) is 0 Å². The summed E-state index contributed by atoms with van der Waals surface area (Å²) in [6.45, 7) is 4.78. The largest absolute Gasteiger partial charge is 0.493 e. The van der Waals surface area contributed by atoms with E-state index in [2.05, 4.69) is 11.3 Å². The van der Waals surface area contributed by atoms with Crippen molar-refractivity contribution < 1.29 is 47.5 Å². The molecule has 0 aliphatic rings. The molecule has 0 unspecified atom stereocenters. The van der Waals surface area contributed by atoms with Crippen molar-refractivity contribution in [1.82, 2.24) is 0 Å². The van der Waals surface area contributed by atoms with Crippen molar-refractivity contribution in [3.8, 4) is 23.0 Å². The molecule has 10 heteroatoms. The van der Waals surface area contributed by atoms with E-state index in [9.17, 15) is 14.4 Å². The average Bonchev–Trinajstić information content (AvgIpc) is 3.03. The van der Waals surface area contributed by atoms with Gasteiger partial charge in [0.1, 0.15) is 0 Å². The van der Waals surface area contributed by atoms with E-state index in [1.54, 1.807) is 49.6 Å². The monoisotopic (exact) mass is 596 g/mol. The second-order valence-corrected chi connectivity index (χ2v) is 9.01. The van der Waals surface area contributed by atoms with Gasteiger partial charge in [-0.3, -0.25) is 0 Å². The number of hydrogen-bond donors (Lipinski definition) is 0. The zero-order valence-corrected chi connectivity index (χ0v) is 25.0. The molecule has 2 aromatic rings. The number of benzene rings is 2.